The molecule has 2 aromatic rings. The average molecular weight is 775 g/mol. The number of phosphoric ester groups is 3. The summed E-state index contributed by atoms with van der Waals surface area (Å²) in [5.41, 5.74) is -1.53. The predicted molar refractivity (Wildman–Crippen MR) is 162 cm³/mol. The highest BCUT2D eigenvalue weighted by molar-refractivity contribution is 7.61. The number of H-pyrrole nitrogens is 1. The van der Waals surface area contributed by atoms with Crippen molar-refractivity contribution >= 4 is 23.5 Å². The Kier molecular flexibility index (Phi) is 12.3. The van der Waals surface area contributed by atoms with E-state index in [0.29, 0.717) is 0 Å². The fraction of sp³-hybridized carbons (Fsp3) is 0.542. The molecule has 0 amide bonds. The fourth-order valence-corrected chi connectivity index (χ4v) is 7.19. The molecule has 23 nitrogen and oxygen atoms in total. The molecule has 50 heavy (non-hydrogen) atoms. The quantitative estimate of drug-likeness (QED) is 0.109. The predicted octanol–water partition coefficient (Wildman–Crippen LogP) is -0.558. The molecule has 0 bridgehead atoms. The number of aliphatic hydroxyl groups excluding tert-OH is 3. The van der Waals surface area contributed by atoms with Gasteiger partial charge in [-0.1, -0.05) is 0 Å². The van der Waals surface area contributed by atoms with Crippen LogP contribution in [0.25, 0.3) is 0 Å². The van der Waals surface area contributed by atoms with Crippen LogP contribution in [0, 0.1) is 13.8 Å². The maximum absolute atomic E-state index is 12.6. The Morgan fingerprint density at radius 3 is 2.40 bits per heavy atom. The highest BCUT2D eigenvalue weighted by Gasteiger charge is 2.45. The minimum atomic E-state index is -5.64. The van der Waals surface area contributed by atoms with Crippen LogP contribution in [0.2, 0.25) is 0 Å². The van der Waals surface area contributed by atoms with Crippen molar-refractivity contribution in [1.29, 1.82) is 0 Å². The van der Waals surface area contributed by atoms with Crippen LogP contribution in [-0.4, -0.2) is 91.8 Å². The van der Waals surface area contributed by atoms with E-state index in [4.69, 9.17) is 19.3 Å². The van der Waals surface area contributed by atoms with Gasteiger partial charge in [0.25, 0.3) is 5.56 Å². The number of aromatic amines is 1. The SMILES string of the molecule is Cc1ncc(COP(=O)(O)O)c(C[N]C2=C(O)[C@@H](O)[C@@H](OP(=O)(O)OP(=O)(O)OC[C@H]3O[C@@H](n4cc(C)c(=O)[nH]c4=O)C[C@@H]3O)O[C@@H]2C)c1O. The molecule has 279 valence electrons. The van der Waals surface area contributed by atoms with Gasteiger partial charge < -0.3 is 49.5 Å². The molecule has 8 atom stereocenters. The van der Waals surface area contributed by atoms with Gasteiger partial charge in [0.05, 0.1) is 31.6 Å². The molecule has 0 spiro atoms. The second kappa shape index (κ2) is 15.4. The van der Waals surface area contributed by atoms with Crippen LogP contribution in [-0.2, 0) is 54.2 Å². The number of aromatic nitrogens is 3. The normalized spacial score (nSPS) is 26.8. The van der Waals surface area contributed by atoms with Crippen molar-refractivity contribution < 1.29 is 81.1 Å². The van der Waals surface area contributed by atoms with Crippen molar-refractivity contribution in [1.82, 2.24) is 19.9 Å². The maximum Gasteiger partial charge on any atom is 0.483 e. The van der Waals surface area contributed by atoms with Gasteiger partial charge in [-0.3, -0.25) is 38.2 Å². The minimum Gasteiger partial charge on any atom is -0.507 e. The summed E-state index contributed by atoms with van der Waals surface area (Å²) in [7, 11) is -16.0. The summed E-state index contributed by atoms with van der Waals surface area (Å²) in [6.07, 6.45) is -7.36. The zero-order valence-corrected chi connectivity index (χ0v) is 28.9. The van der Waals surface area contributed by atoms with Gasteiger partial charge in [0.15, 0.2) is 6.10 Å². The van der Waals surface area contributed by atoms with Crippen LogP contribution in [0.3, 0.4) is 0 Å². The Hall–Kier alpha value is -2.82. The largest absolute Gasteiger partial charge is 0.507 e. The molecule has 4 heterocycles. The molecule has 1 saturated heterocycles. The molecule has 2 aliphatic rings. The molecule has 0 aromatic carbocycles. The Labute approximate surface area is 281 Å². The lowest BCUT2D eigenvalue weighted by Gasteiger charge is -2.33. The smallest absolute Gasteiger partial charge is 0.483 e. The lowest BCUT2D eigenvalue weighted by Crippen LogP contribution is -2.43. The highest BCUT2D eigenvalue weighted by Crippen LogP contribution is 2.61. The number of nitrogens with one attached hydrogen (secondary N) is 1. The van der Waals surface area contributed by atoms with Crippen molar-refractivity contribution in [2.45, 2.75) is 77.3 Å². The third-order valence-electron chi connectivity index (χ3n) is 7.26. The first kappa shape index (κ1) is 40.0. The summed E-state index contributed by atoms with van der Waals surface area (Å²) in [6.45, 7) is 2.07. The summed E-state index contributed by atoms with van der Waals surface area (Å²) in [5.74, 6) is -1.34. The molecular weight excluding hydrogens is 741 g/mol. The van der Waals surface area contributed by atoms with E-state index >= 15 is 0 Å². The second-order valence-corrected chi connectivity index (χ2v) is 15.2. The van der Waals surface area contributed by atoms with Crippen molar-refractivity contribution in [2.75, 3.05) is 6.61 Å². The highest BCUT2D eigenvalue weighted by atomic mass is 31.3. The van der Waals surface area contributed by atoms with Crippen molar-refractivity contribution in [2.24, 2.45) is 0 Å². The van der Waals surface area contributed by atoms with Gasteiger partial charge in [-0.15, -0.1) is 0 Å². The molecular formula is C24H34N4O19P3. The molecule has 26 heteroatoms. The lowest BCUT2D eigenvalue weighted by atomic mass is 10.1. The molecule has 1 radical (unpaired) electrons. The Balaban J connectivity index is 1.37. The van der Waals surface area contributed by atoms with E-state index < -0.39 is 103 Å². The number of aliphatic hydroxyl groups is 3. The van der Waals surface area contributed by atoms with E-state index in [1.54, 1.807) is 0 Å². The summed E-state index contributed by atoms with van der Waals surface area (Å²) in [6, 6.07) is 0. The topological polar surface area (TPSA) is 350 Å². The van der Waals surface area contributed by atoms with Gasteiger partial charge in [-0.05, 0) is 20.8 Å². The number of hydrogen-bond acceptors (Lipinski definition) is 16. The second-order valence-electron chi connectivity index (χ2n) is 11.0. The minimum absolute atomic E-state index is 0.00951. The van der Waals surface area contributed by atoms with Gasteiger partial charge in [-0.2, -0.15) is 4.31 Å². The zero-order valence-electron chi connectivity index (χ0n) is 26.2. The molecule has 0 saturated carbocycles. The van der Waals surface area contributed by atoms with Crippen LogP contribution < -0.4 is 16.6 Å². The Morgan fingerprint density at radius 2 is 1.74 bits per heavy atom. The number of phosphoric acid groups is 3. The zero-order chi connectivity index (χ0) is 37.3. The van der Waals surface area contributed by atoms with E-state index in [1.165, 1.54) is 33.2 Å². The van der Waals surface area contributed by atoms with Crippen molar-refractivity contribution in [3.05, 3.63) is 67.1 Å². The van der Waals surface area contributed by atoms with E-state index in [1.807, 2.05) is 0 Å². The van der Waals surface area contributed by atoms with E-state index in [-0.39, 0.29) is 34.5 Å². The lowest BCUT2D eigenvalue weighted by molar-refractivity contribution is -0.180. The third-order valence-corrected chi connectivity index (χ3v) is 10.3. The molecule has 4 rings (SSSR count). The number of nitrogens with zero attached hydrogens (tertiary/aromatic N) is 3. The van der Waals surface area contributed by atoms with Gasteiger partial charge in [0.2, 0.25) is 6.29 Å². The van der Waals surface area contributed by atoms with E-state index in [9.17, 15) is 53.5 Å². The van der Waals surface area contributed by atoms with Crippen molar-refractivity contribution in [3.8, 4) is 5.75 Å². The first-order valence-corrected chi connectivity index (χ1v) is 18.8. The molecule has 2 aromatic heterocycles. The Morgan fingerprint density at radius 1 is 1.06 bits per heavy atom. The number of ether oxygens (including phenoxy) is 2. The number of hydrogen-bond donors (Lipinski definition) is 9. The first-order valence-electron chi connectivity index (χ1n) is 14.2. The van der Waals surface area contributed by atoms with Gasteiger partial charge in [-0.25, -0.2) is 18.5 Å². The average Bonchev–Trinajstić information content (AvgIpc) is 3.36. The van der Waals surface area contributed by atoms with Gasteiger partial charge >= 0.3 is 29.2 Å². The number of pyridine rings is 1. The molecule has 2 unspecified atom stereocenters. The summed E-state index contributed by atoms with van der Waals surface area (Å²) < 4.78 is 66.1. The fourth-order valence-electron chi connectivity index (χ4n) is 4.73. The van der Waals surface area contributed by atoms with Gasteiger partial charge in [0, 0.05) is 35.5 Å². The number of aryl methyl sites for hydroxylation is 2. The summed E-state index contributed by atoms with van der Waals surface area (Å²) >= 11 is 0. The summed E-state index contributed by atoms with van der Waals surface area (Å²) in [5, 5.41) is 46.0. The van der Waals surface area contributed by atoms with Crippen LogP contribution in [0.1, 0.15) is 42.0 Å². The third kappa shape index (κ3) is 9.94. The van der Waals surface area contributed by atoms with Crippen LogP contribution >= 0.6 is 23.5 Å². The van der Waals surface area contributed by atoms with Crippen molar-refractivity contribution in [3.63, 3.8) is 0 Å². The Bertz CT molecular complexity index is 1880. The van der Waals surface area contributed by atoms with Crippen LogP contribution in [0.5, 0.6) is 5.75 Å². The number of rotatable bonds is 14. The molecule has 1 fully saturated rings. The van der Waals surface area contributed by atoms with E-state index in [0.717, 1.165) is 4.57 Å². The summed E-state index contributed by atoms with van der Waals surface area (Å²) in [4.78, 5) is 68.0. The monoisotopic (exact) mass is 775 g/mol. The molecule has 0 aliphatic carbocycles. The van der Waals surface area contributed by atoms with Gasteiger partial charge in [0.1, 0.15) is 35.6 Å². The van der Waals surface area contributed by atoms with E-state index in [2.05, 4.69) is 33.2 Å². The standard InChI is InChI=1S/C24H34N4O19P3/c1-10-7-28(24(34)27-22(10)33)17-4-15(29)16(45-17)9-43-49(38,39)47-50(40,41)46-23-21(32)20(31)18(12(3)44-23)26-6-14-13(8-42-48(35,36)37)5-25-11(2)19(14)30/h5,7,12,15-17,21,23,29-32H,4,6,8-9H2,1-3H3,(H,38,39)(H,40,41)(H,27,33,34)(H2,35,36,37)/t12-,15+,16-,17-,21-,23-/m1/s1. The van der Waals surface area contributed by atoms with Crippen LogP contribution in [0.15, 0.2) is 33.4 Å². The molecule has 2 aliphatic heterocycles. The number of aromatic hydroxyl groups is 1. The van der Waals surface area contributed by atoms with Crippen LogP contribution in [0.4, 0.5) is 0 Å². The first-order chi connectivity index (χ1) is 23.1. The maximum atomic E-state index is 12.6. The molecule has 9 N–H and O–H groups in total.